The average Bonchev–Trinajstić information content (AvgIpc) is 3.36. The van der Waals surface area contributed by atoms with Gasteiger partial charge in [-0.2, -0.15) is 4.31 Å². The Kier molecular flexibility index (Phi) is 4.33. The summed E-state index contributed by atoms with van der Waals surface area (Å²) < 4.78 is 26.9. The number of sulfonamides is 1. The summed E-state index contributed by atoms with van der Waals surface area (Å²) in [7, 11) is -3.73. The Morgan fingerprint density at radius 2 is 1.96 bits per heavy atom. The van der Waals surface area contributed by atoms with Crippen LogP contribution in [0.1, 0.15) is 33.6 Å². The van der Waals surface area contributed by atoms with E-state index in [1.807, 2.05) is 0 Å². The second-order valence-corrected chi connectivity index (χ2v) is 9.30. The quantitative estimate of drug-likeness (QED) is 0.747. The normalized spacial score (nSPS) is 19.8. The van der Waals surface area contributed by atoms with E-state index in [0.29, 0.717) is 18.5 Å². The molecule has 1 aromatic carbocycles. The number of hydrogen-bond acceptors (Lipinski definition) is 6. The number of nitrogens with zero attached hydrogens (tertiary/aromatic N) is 1. The van der Waals surface area contributed by atoms with Crippen molar-refractivity contribution in [2.75, 3.05) is 11.9 Å². The van der Waals surface area contributed by atoms with Crippen molar-refractivity contribution in [3.63, 3.8) is 0 Å². The predicted molar refractivity (Wildman–Crippen MR) is 98.1 cm³/mol. The number of amides is 3. The number of fused-ring (bicyclic) bond motifs is 1. The maximum absolute atomic E-state index is 12.8. The molecule has 1 aromatic heterocycles. The summed E-state index contributed by atoms with van der Waals surface area (Å²) >= 11 is 1.11. The van der Waals surface area contributed by atoms with Crippen LogP contribution in [0.2, 0.25) is 0 Å². The molecule has 2 aromatic rings. The highest BCUT2D eigenvalue weighted by Crippen LogP contribution is 2.29. The zero-order chi connectivity index (χ0) is 19.2. The van der Waals surface area contributed by atoms with E-state index in [0.717, 1.165) is 11.3 Å². The molecule has 1 unspecified atom stereocenters. The summed E-state index contributed by atoms with van der Waals surface area (Å²) in [5, 5.41) is 6.52. The van der Waals surface area contributed by atoms with Gasteiger partial charge in [0.2, 0.25) is 5.91 Å². The molecule has 4 rings (SSSR count). The number of thiophene rings is 1. The third kappa shape index (κ3) is 3.05. The van der Waals surface area contributed by atoms with Crippen LogP contribution < -0.4 is 10.6 Å². The topological polar surface area (TPSA) is 113 Å². The molecule has 0 aliphatic carbocycles. The van der Waals surface area contributed by atoms with E-state index in [1.54, 1.807) is 11.4 Å². The summed E-state index contributed by atoms with van der Waals surface area (Å²) in [6.07, 6.45) is 1.00. The third-order valence-electron chi connectivity index (χ3n) is 4.57. The third-order valence-corrected chi connectivity index (χ3v) is 7.85. The Labute approximate surface area is 159 Å². The highest BCUT2D eigenvalue weighted by Gasteiger charge is 2.40. The fraction of sp³-hybridized carbons (Fsp3) is 0.235. The first-order valence-electron chi connectivity index (χ1n) is 8.24. The standard InChI is InChI=1S/C17H15N3O5S2/c21-15-11-6-5-10(9-12(11)16(22)19-15)18-17(23)13-3-1-7-20(13)27(24,25)14-4-2-8-26-14/h2,4-6,8-9,13H,1,3,7H2,(H,18,23)(H,19,21,22). The maximum atomic E-state index is 12.8. The Hall–Kier alpha value is -2.56. The van der Waals surface area contributed by atoms with E-state index in [9.17, 15) is 22.8 Å². The molecule has 2 aliphatic rings. The van der Waals surface area contributed by atoms with Gasteiger partial charge < -0.3 is 5.32 Å². The van der Waals surface area contributed by atoms with E-state index in [-0.39, 0.29) is 21.9 Å². The van der Waals surface area contributed by atoms with Crippen molar-refractivity contribution in [2.45, 2.75) is 23.1 Å². The molecule has 3 amide bonds. The molecule has 27 heavy (non-hydrogen) atoms. The first kappa shape index (κ1) is 17.8. The summed E-state index contributed by atoms with van der Waals surface area (Å²) in [5.74, 6) is -1.46. The summed E-state index contributed by atoms with van der Waals surface area (Å²) in [5.41, 5.74) is 0.775. The van der Waals surface area contributed by atoms with Gasteiger partial charge in [-0.1, -0.05) is 6.07 Å². The molecule has 0 bridgehead atoms. The lowest BCUT2D eigenvalue weighted by molar-refractivity contribution is -0.119. The van der Waals surface area contributed by atoms with Crippen LogP contribution in [0.4, 0.5) is 5.69 Å². The van der Waals surface area contributed by atoms with Crippen LogP contribution in [0.3, 0.4) is 0 Å². The van der Waals surface area contributed by atoms with Gasteiger partial charge in [0.1, 0.15) is 10.3 Å². The lowest BCUT2D eigenvalue weighted by atomic mass is 10.1. The SMILES string of the molecule is O=C1NC(=O)c2cc(NC(=O)C3CCCN3S(=O)(=O)c3cccs3)ccc21. The molecular weight excluding hydrogens is 390 g/mol. The van der Waals surface area contributed by atoms with Crippen LogP contribution in [0, 0.1) is 0 Å². The smallest absolute Gasteiger partial charge is 0.259 e. The van der Waals surface area contributed by atoms with Gasteiger partial charge in [0.25, 0.3) is 21.8 Å². The van der Waals surface area contributed by atoms with Crippen molar-refractivity contribution in [3.8, 4) is 0 Å². The minimum atomic E-state index is -3.73. The number of benzene rings is 1. The van der Waals surface area contributed by atoms with Gasteiger partial charge in [-0.3, -0.25) is 19.7 Å². The summed E-state index contributed by atoms with van der Waals surface area (Å²) in [6.45, 7) is 0.277. The summed E-state index contributed by atoms with van der Waals surface area (Å²) in [4.78, 5) is 36.1. The first-order valence-corrected chi connectivity index (χ1v) is 10.6. The van der Waals surface area contributed by atoms with E-state index in [4.69, 9.17) is 0 Å². The monoisotopic (exact) mass is 405 g/mol. The van der Waals surface area contributed by atoms with Crippen molar-refractivity contribution < 1.29 is 22.8 Å². The molecular formula is C17H15N3O5S2. The van der Waals surface area contributed by atoms with Crippen LogP contribution in [-0.4, -0.2) is 43.0 Å². The lowest BCUT2D eigenvalue weighted by Crippen LogP contribution is -2.42. The zero-order valence-electron chi connectivity index (χ0n) is 14.0. The number of carbonyl (C=O) groups excluding carboxylic acids is 3. The molecule has 1 atom stereocenters. The molecule has 10 heteroatoms. The molecule has 2 N–H and O–H groups in total. The largest absolute Gasteiger partial charge is 0.325 e. The molecule has 3 heterocycles. The van der Waals surface area contributed by atoms with Crippen molar-refractivity contribution in [3.05, 3.63) is 46.8 Å². The number of carbonyl (C=O) groups is 3. The molecule has 1 saturated heterocycles. The predicted octanol–water partition coefficient (Wildman–Crippen LogP) is 1.42. The minimum absolute atomic E-state index is 0.187. The summed E-state index contributed by atoms with van der Waals surface area (Å²) in [6, 6.07) is 6.74. The Bertz CT molecular complexity index is 1050. The Morgan fingerprint density at radius 1 is 1.19 bits per heavy atom. The van der Waals surface area contributed by atoms with Crippen molar-refractivity contribution >= 4 is 44.8 Å². The average molecular weight is 405 g/mol. The minimum Gasteiger partial charge on any atom is -0.325 e. The van der Waals surface area contributed by atoms with Gasteiger partial charge in [-0.05, 0) is 42.5 Å². The second kappa shape index (κ2) is 6.55. The Morgan fingerprint density at radius 3 is 2.70 bits per heavy atom. The number of nitrogens with one attached hydrogen (secondary N) is 2. The number of imide groups is 1. The molecule has 1 fully saturated rings. The fourth-order valence-corrected chi connectivity index (χ4v) is 6.06. The van der Waals surface area contributed by atoms with Crippen LogP contribution in [0.5, 0.6) is 0 Å². The van der Waals surface area contributed by atoms with Gasteiger partial charge in [-0.25, -0.2) is 8.42 Å². The second-order valence-electron chi connectivity index (χ2n) is 6.24. The molecule has 8 nitrogen and oxygen atoms in total. The van der Waals surface area contributed by atoms with Gasteiger partial charge in [0.15, 0.2) is 0 Å². The highest BCUT2D eigenvalue weighted by molar-refractivity contribution is 7.91. The van der Waals surface area contributed by atoms with Crippen molar-refractivity contribution in [1.82, 2.24) is 9.62 Å². The first-order chi connectivity index (χ1) is 12.9. The van der Waals surface area contributed by atoms with Crippen LogP contribution in [-0.2, 0) is 14.8 Å². The lowest BCUT2D eigenvalue weighted by Gasteiger charge is -2.22. The van der Waals surface area contributed by atoms with Crippen LogP contribution >= 0.6 is 11.3 Å². The number of rotatable bonds is 4. The number of hydrogen-bond donors (Lipinski definition) is 2. The van der Waals surface area contributed by atoms with E-state index in [2.05, 4.69) is 10.6 Å². The maximum Gasteiger partial charge on any atom is 0.259 e. The molecule has 0 spiro atoms. The molecule has 0 radical (unpaired) electrons. The van der Waals surface area contributed by atoms with E-state index < -0.39 is 33.8 Å². The van der Waals surface area contributed by atoms with E-state index >= 15 is 0 Å². The van der Waals surface area contributed by atoms with Crippen LogP contribution in [0.25, 0.3) is 0 Å². The highest BCUT2D eigenvalue weighted by atomic mass is 32.2. The molecule has 2 aliphatic heterocycles. The van der Waals surface area contributed by atoms with Crippen molar-refractivity contribution in [2.24, 2.45) is 0 Å². The van der Waals surface area contributed by atoms with Gasteiger partial charge in [0, 0.05) is 12.2 Å². The van der Waals surface area contributed by atoms with Gasteiger partial charge in [-0.15, -0.1) is 11.3 Å². The number of anilines is 1. The van der Waals surface area contributed by atoms with Crippen LogP contribution in [0.15, 0.2) is 39.9 Å². The van der Waals surface area contributed by atoms with Gasteiger partial charge in [0.05, 0.1) is 11.1 Å². The van der Waals surface area contributed by atoms with E-state index in [1.165, 1.54) is 28.6 Å². The molecule has 0 saturated carbocycles. The van der Waals surface area contributed by atoms with Crippen molar-refractivity contribution in [1.29, 1.82) is 0 Å². The molecule has 140 valence electrons. The Balaban J connectivity index is 1.56. The fourth-order valence-electron chi connectivity index (χ4n) is 3.29. The zero-order valence-corrected chi connectivity index (χ0v) is 15.6. The van der Waals surface area contributed by atoms with Gasteiger partial charge >= 0.3 is 0 Å².